The van der Waals surface area contributed by atoms with E-state index in [-0.39, 0.29) is 19.1 Å². The number of carboxylic acids is 1. The van der Waals surface area contributed by atoms with Crippen LogP contribution >= 0.6 is 11.3 Å². The molecular formula is C13H18N4O3S. The average Bonchev–Trinajstić information content (AvgIpc) is 3.00. The lowest BCUT2D eigenvalue weighted by Crippen LogP contribution is -2.53. The number of hydrogen-bond acceptors (Lipinski definition) is 5. The van der Waals surface area contributed by atoms with Gasteiger partial charge in [-0.1, -0.05) is 6.08 Å². The van der Waals surface area contributed by atoms with Gasteiger partial charge in [-0.25, -0.2) is 9.78 Å². The van der Waals surface area contributed by atoms with Crippen LogP contribution in [-0.2, 0) is 4.79 Å². The smallest absolute Gasteiger partial charge is 0.323 e. The van der Waals surface area contributed by atoms with Gasteiger partial charge in [0.25, 0.3) is 0 Å². The molecule has 0 atom stereocenters. The zero-order chi connectivity index (χ0) is 15.2. The van der Waals surface area contributed by atoms with Crippen LogP contribution in [0.5, 0.6) is 0 Å². The third-order valence-corrected chi connectivity index (χ3v) is 4.02. The molecule has 0 radical (unpaired) electrons. The number of hydrogen-bond donors (Lipinski definition) is 1. The summed E-state index contributed by atoms with van der Waals surface area (Å²) in [6.07, 6.45) is 3.29. The number of aromatic nitrogens is 1. The van der Waals surface area contributed by atoms with E-state index in [1.807, 2.05) is 5.38 Å². The molecule has 1 aromatic rings. The van der Waals surface area contributed by atoms with Crippen molar-refractivity contribution in [3.05, 3.63) is 24.2 Å². The molecule has 2 amide bonds. The van der Waals surface area contributed by atoms with Crippen molar-refractivity contribution < 1.29 is 14.7 Å². The van der Waals surface area contributed by atoms with Gasteiger partial charge in [0.05, 0.1) is 0 Å². The second-order valence-electron chi connectivity index (χ2n) is 4.63. The molecule has 0 unspecified atom stereocenters. The van der Waals surface area contributed by atoms with Crippen molar-refractivity contribution in [3.8, 4) is 0 Å². The average molecular weight is 310 g/mol. The molecular weight excluding hydrogens is 292 g/mol. The molecule has 114 valence electrons. The Morgan fingerprint density at radius 3 is 2.67 bits per heavy atom. The Bertz CT molecular complexity index is 498. The summed E-state index contributed by atoms with van der Waals surface area (Å²) in [6.45, 7) is 6.01. The van der Waals surface area contributed by atoms with E-state index in [4.69, 9.17) is 5.11 Å². The molecule has 7 nitrogen and oxygen atoms in total. The van der Waals surface area contributed by atoms with Gasteiger partial charge in [-0.05, 0) is 0 Å². The van der Waals surface area contributed by atoms with Gasteiger partial charge in [0, 0.05) is 44.3 Å². The number of rotatable bonds is 5. The molecule has 0 saturated carbocycles. The number of carboxylic acid groups (broad SMARTS) is 1. The Labute approximate surface area is 127 Å². The van der Waals surface area contributed by atoms with Crippen LogP contribution in [0, 0.1) is 0 Å². The van der Waals surface area contributed by atoms with Crippen molar-refractivity contribution >= 4 is 28.5 Å². The summed E-state index contributed by atoms with van der Waals surface area (Å²) in [5.41, 5.74) is 0. The number of nitrogens with zero attached hydrogens (tertiary/aromatic N) is 4. The van der Waals surface area contributed by atoms with Crippen LogP contribution in [0.15, 0.2) is 24.2 Å². The molecule has 0 spiro atoms. The first kappa shape index (κ1) is 15.3. The van der Waals surface area contributed by atoms with E-state index in [1.165, 1.54) is 11.0 Å². The Balaban J connectivity index is 1.92. The lowest BCUT2D eigenvalue weighted by Gasteiger charge is -2.36. The fourth-order valence-electron chi connectivity index (χ4n) is 2.19. The maximum atomic E-state index is 12.3. The number of piperazine rings is 1. The molecule has 1 aliphatic heterocycles. The van der Waals surface area contributed by atoms with E-state index >= 15 is 0 Å². The first-order valence-electron chi connectivity index (χ1n) is 6.63. The zero-order valence-electron chi connectivity index (χ0n) is 11.6. The van der Waals surface area contributed by atoms with Gasteiger partial charge in [-0.2, -0.15) is 0 Å². The maximum Gasteiger partial charge on any atom is 0.323 e. The number of carbonyl (C=O) groups excluding carboxylic acids is 1. The lowest BCUT2D eigenvalue weighted by molar-refractivity contribution is -0.137. The minimum absolute atomic E-state index is 0.234. The largest absolute Gasteiger partial charge is 0.480 e. The molecule has 21 heavy (non-hydrogen) atoms. The van der Waals surface area contributed by atoms with Gasteiger partial charge in [0.1, 0.15) is 6.54 Å². The van der Waals surface area contributed by atoms with Crippen LogP contribution in [-0.4, -0.2) is 71.2 Å². The molecule has 1 N–H and O–H groups in total. The van der Waals surface area contributed by atoms with Crippen molar-refractivity contribution in [1.29, 1.82) is 0 Å². The second kappa shape index (κ2) is 7.07. The number of thiazole rings is 1. The number of anilines is 1. The Morgan fingerprint density at radius 2 is 2.14 bits per heavy atom. The van der Waals surface area contributed by atoms with E-state index in [0.717, 1.165) is 5.13 Å². The molecule has 8 heteroatoms. The SMILES string of the molecule is C=CCN(CC(=O)O)C(=O)N1CCN(c2nccs2)CC1. The summed E-state index contributed by atoms with van der Waals surface area (Å²) < 4.78 is 0. The van der Waals surface area contributed by atoms with Gasteiger partial charge in [-0.3, -0.25) is 4.79 Å². The van der Waals surface area contributed by atoms with Crippen molar-refractivity contribution in [3.63, 3.8) is 0 Å². The van der Waals surface area contributed by atoms with Crippen LogP contribution in [0.2, 0.25) is 0 Å². The number of carbonyl (C=O) groups is 2. The number of amides is 2. The van der Waals surface area contributed by atoms with Gasteiger partial charge >= 0.3 is 12.0 Å². The molecule has 2 heterocycles. The molecule has 2 rings (SSSR count). The normalized spacial score (nSPS) is 14.9. The van der Waals surface area contributed by atoms with Crippen molar-refractivity contribution in [2.24, 2.45) is 0 Å². The quantitative estimate of drug-likeness (QED) is 0.820. The monoisotopic (exact) mass is 310 g/mol. The van der Waals surface area contributed by atoms with Gasteiger partial charge < -0.3 is 19.8 Å². The van der Waals surface area contributed by atoms with Gasteiger partial charge in [0.2, 0.25) is 0 Å². The summed E-state index contributed by atoms with van der Waals surface area (Å²) >= 11 is 1.57. The molecule has 0 bridgehead atoms. The first-order valence-corrected chi connectivity index (χ1v) is 7.50. The molecule has 1 aromatic heterocycles. The number of aliphatic carboxylic acids is 1. The first-order chi connectivity index (χ1) is 10.1. The molecule has 1 fully saturated rings. The highest BCUT2D eigenvalue weighted by atomic mass is 32.1. The third kappa shape index (κ3) is 3.94. The van der Waals surface area contributed by atoms with Crippen molar-refractivity contribution in [2.45, 2.75) is 0 Å². The number of urea groups is 1. The fourth-order valence-corrected chi connectivity index (χ4v) is 2.89. The van der Waals surface area contributed by atoms with E-state index in [0.29, 0.717) is 26.2 Å². The van der Waals surface area contributed by atoms with E-state index in [1.54, 1.807) is 22.4 Å². The minimum atomic E-state index is -1.02. The predicted octanol–water partition coefficient (Wildman–Crippen LogP) is 0.958. The summed E-state index contributed by atoms with van der Waals surface area (Å²) in [6, 6.07) is -0.254. The van der Waals surface area contributed by atoms with Crippen LogP contribution in [0.25, 0.3) is 0 Å². The minimum Gasteiger partial charge on any atom is -0.480 e. The summed E-state index contributed by atoms with van der Waals surface area (Å²) in [5.74, 6) is -1.02. The molecule has 0 aromatic carbocycles. The summed E-state index contributed by atoms with van der Waals surface area (Å²) in [4.78, 5) is 32.5. The lowest BCUT2D eigenvalue weighted by atomic mass is 10.3. The maximum absolute atomic E-state index is 12.3. The van der Waals surface area contributed by atoms with E-state index in [2.05, 4.69) is 16.5 Å². The molecule has 0 aliphatic carbocycles. The third-order valence-electron chi connectivity index (χ3n) is 3.19. The Hall–Kier alpha value is -2.09. The Morgan fingerprint density at radius 1 is 1.43 bits per heavy atom. The summed E-state index contributed by atoms with van der Waals surface area (Å²) in [5, 5.41) is 11.7. The standard InChI is InChI=1S/C13H18N4O3S/c1-2-4-17(10-11(18)19)13(20)16-7-5-15(6-8-16)12-14-3-9-21-12/h2-3,9H,1,4-8,10H2,(H,18,19). The van der Waals surface area contributed by atoms with Gasteiger partial charge in [-0.15, -0.1) is 17.9 Å². The Kier molecular flexibility index (Phi) is 5.15. The van der Waals surface area contributed by atoms with Gasteiger partial charge in [0.15, 0.2) is 5.13 Å². The highest BCUT2D eigenvalue weighted by molar-refractivity contribution is 7.13. The van der Waals surface area contributed by atoms with E-state index < -0.39 is 5.97 Å². The van der Waals surface area contributed by atoms with Crippen molar-refractivity contribution in [2.75, 3.05) is 44.2 Å². The molecule has 1 aliphatic rings. The fraction of sp³-hybridized carbons (Fsp3) is 0.462. The molecule has 1 saturated heterocycles. The van der Waals surface area contributed by atoms with Crippen LogP contribution < -0.4 is 4.90 Å². The zero-order valence-corrected chi connectivity index (χ0v) is 12.5. The van der Waals surface area contributed by atoms with Crippen LogP contribution in [0.1, 0.15) is 0 Å². The summed E-state index contributed by atoms with van der Waals surface area (Å²) in [7, 11) is 0. The highest BCUT2D eigenvalue weighted by Crippen LogP contribution is 2.19. The predicted molar refractivity (Wildman–Crippen MR) is 80.7 cm³/mol. The van der Waals surface area contributed by atoms with Crippen LogP contribution in [0.4, 0.5) is 9.93 Å². The highest BCUT2D eigenvalue weighted by Gasteiger charge is 2.26. The second-order valence-corrected chi connectivity index (χ2v) is 5.51. The van der Waals surface area contributed by atoms with Crippen LogP contribution in [0.3, 0.4) is 0 Å². The topological polar surface area (TPSA) is 77.0 Å². The van der Waals surface area contributed by atoms with E-state index in [9.17, 15) is 9.59 Å². The van der Waals surface area contributed by atoms with Crippen molar-refractivity contribution in [1.82, 2.24) is 14.8 Å².